The second-order valence-corrected chi connectivity index (χ2v) is 6.67. The number of rotatable bonds is 6. The van der Waals surface area contributed by atoms with E-state index >= 15 is 0 Å². The molecule has 7 heteroatoms. The first-order valence-corrected chi connectivity index (χ1v) is 8.40. The molecule has 0 unspecified atom stereocenters. The summed E-state index contributed by atoms with van der Waals surface area (Å²) < 4.78 is 23.3. The second-order valence-electron chi connectivity index (χ2n) is 4.15. The number of hydrogen-bond donors (Lipinski definition) is 1. The predicted octanol–water partition coefficient (Wildman–Crippen LogP) is 2.52. The Morgan fingerprint density at radius 2 is 2.00 bits per heavy atom. The Morgan fingerprint density at radius 3 is 2.44 bits per heavy atom. The van der Waals surface area contributed by atoms with Crippen LogP contribution in [-0.2, 0) is 9.84 Å². The number of sulfone groups is 1. The number of pyridine rings is 1. The van der Waals surface area contributed by atoms with Crippen LogP contribution in [0.3, 0.4) is 0 Å². The van der Waals surface area contributed by atoms with E-state index in [0.29, 0.717) is 12.2 Å². The molecule has 1 aromatic heterocycles. The summed E-state index contributed by atoms with van der Waals surface area (Å²) in [6.45, 7) is 1.93. The van der Waals surface area contributed by atoms with Crippen LogP contribution in [-0.4, -0.2) is 37.0 Å². The van der Waals surface area contributed by atoms with E-state index in [4.69, 9.17) is 23.2 Å². The van der Waals surface area contributed by atoms with Crippen molar-refractivity contribution in [2.24, 2.45) is 0 Å². The Balaban J connectivity index is 3.19. The molecule has 0 aromatic carbocycles. The quantitative estimate of drug-likeness (QED) is 0.820. The molecule has 102 valence electrons. The summed E-state index contributed by atoms with van der Waals surface area (Å²) in [5, 5.41) is 3.06. The molecule has 0 radical (unpaired) electrons. The van der Waals surface area contributed by atoms with E-state index in [-0.39, 0.29) is 16.7 Å². The van der Waals surface area contributed by atoms with Crippen molar-refractivity contribution in [3.63, 3.8) is 0 Å². The molecule has 0 aliphatic heterocycles. The molecule has 0 aliphatic rings. The normalized spacial score (nSPS) is 12.4. The molecule has 0 bridgehead atoms. The molecule has 0 atom stereocenters. The maximum atomic E-state index is 11.7. The van der Waals surface area contributed by atoms with Crippen LogP contribution in [0.2, 0.25) is 0 Å². The molecular weight excluding hydrogens is 295 g/mol. The zero-order valence-corrected chi connectivity index (χ0v) is 12.6. The Kier molecular flexibility index (Phi) is 5.25. The van der Waals surface area contributed by atoms with Gasteiger partial charge in [-0.2, -0.15) is 0 Å². The fourth-order valence-electron chi connectivity index (χ4n) is 1.41. The largest absolute Gasteiger partial charge is 0.361 e. The van der Waals surface area contributed by atoms with Gasteiger partial charge in [-0.15, -0.1) is 23.2 Å². The molecule has 18 heavy (non-hydrogen) atoms. The number of nitrogens with zero attached hydrogens (tertiary/aromatic N) is 1. The SMILES string of the molecule is CCC(CCl)(CCl)Nc1ncccc1S(C)(=O)=O. The molecule has 1 N–H and O–H groups in total. The van der Waals surface area contributed by atoms with Crippen LogP contribution in [0.4, 0.5) is 5.82 Å². The van der Waals surface area contributed by atoms with Gasteiger partial charge in [0.05, 0.1) is 5.54 Å². The van der Waals surface area contributed by atoms with Crippen molar-refractivity contribution >= 4 is 38.9 Å². The topological polar surface area (TPSA) is 59.1 Å². The average Bonchev–Trinajstić information content (AvgIpc) is 2.35. The lowest BCUT2D eigenvalue weighted by atomic mass is 10.0. The number of halogens is 2. The highest BCUT2D eigenvalue weighted by molar-refractivity contribution is 7.90. The van der Waals surface area contributed by atoms with E-state index in [0.717, 1.165) is 6.26 Å². The monoisotopic (exact) mass is 310 g/mol. The van der Waals surface area contributed by atoms with E-state index in [1.54, 1.807) is 6.07 Å². The number of hydrogen-bond acceptors (Lipinski definition) is 4. The van der Waals surface area contributed by atoms with Crippen molar-refractivity contribution in [3.05, 3.63) is 18.3 Å². The zero-order valence-electron chi connectivity index (χ0n) is 10.3. The first-order valence-electron chi connectivity index (χ1n) is 5.44. The molecule has 1 rings (SSSR count). The summed E-state index contributed by atoms with van der Waals surface area (Å²) in [7, 11) is -3.34. The predicted molar refractivity (Wildman–Crippen MR) is 75.4 cm³/mol. The fraction of sp³-hybridized carbons (Fsp3) is 0.545. The third-order valence-electron chi connectivity index (χ3n) is 2.74. The smallest absolute Gasteiger partial charge is 0.179 e. The Morgan fingerprint density at radius 1 is 1.39 bits per heavy atom. The number of alkyl halides is 2. The minimum absolute atomic E-state index is 0.151. The number of anilines is 1. The van der Waals surface area contributed by atoms with Crippen LogP contribution < -0.4 is 5.32 Å². The van der Waals surface area contributed by atoms with Crippen molar-refractivity contribution in [3.8, 4) is 0 Å². The van der Waals surface area contributed by atoms with Gasteiger partial charge in [0.15, 0.2) is 9.84 Å². The highest BCUT2D eigenvalue weighted by Gasteiger charge is 2.28. The lowest BCUT2D eigenvalue weighted by molar-refractivity contribution is 0.554. The average molecular weight is 311 g/mol. The first kappa shape index (κ1) is 15.5. The minimum atomic E-state index is -3.34. The number of nitrogens with one attached hydrogen (secondary N) is 1. The van der Waals surface area contributed by atoms with Crippen LogP contribution in [0.25, 0.3) is 0 Å². The summed E-state index contributed by atoms with van der Waals surface area (Å²) >= 11 is 11.8. The van der Waals surface area contributed by atoms with Gasteiger partial charge in [0, 0.05) is 24.2 Å². The van der Waals surface area contributed by atoms with Gasteiger partial charge in [-0.3, -0.25) is 0 Å². The molecule has 1 aromatic rings. The third-order valence-corrected chi connectivity index (χ3v) is 4.89. The van der Waals surface area contributed by atoms with Crippen LogP contribution in [0.5, 0.6) is 0 Å². The summed E-state index contributed by atoms with van der Waals surface area (Å²) in [4.78, 5) is 4.22. The summed E-state index contributed by atoms with van der Waals surface area (Å²) in [6.07, 6.45) is 3.34. The van der Waals surface area contributed by atoms with E-state index < -0.39 is 15.4 Å². The van der Waals surface area contributed by atoms with Crippen LogP contribution >= 0.6 is 23.2 Å². The molecule has 0 saturated carbocycles. The molecular formula is C11H16Cl2N2O2S. The molecule has 0 fully saturated rings. The standard InChI is InChI=1S/C11H16Cl2N2O2S/c1-3-11(7-12,8-13)15-10-9(18(2,16)17)5-4-6-14-10/h4-6H,3,7-8H2,1-2H3,(H,14,15). The van der Waals surface area contributed by atoms with E-state index in [1.165, 1.54) is 12.3 Å². The number of aromatic nitrogens is 1. The zero-order chi connectivity index (χ0) is 13.8. The molecule has 4 nitrogen and oxygen atoms in total. The molecule has 0 amide bonds. The summed E-state index contributed by atoms with van der Waals surface area (Å²) in [6, 6.07) is 3.09. The molecule has 0 aliphatic carbocycles. The van der Waals surface area contributed by atoms with Gasteiger partial charge in [-0.1, -0.05) is 6.92 Å². The van der Waals surface area contributed by atoms with Crippen LogP contribution in [0.15, 0.2) is 23.2 Å². The van der Waals surface area contributed by atoms with E-state index in [2.05, 4.69) is 10.3 Å². The first-order chi connectivity index (χ1) is 8.38. The molecule has 1 heterocycles. The van der Waals surface area contributed by atoms with Gasteiger partial charge >= 0.3 is 0 Å². The minimum Gasteiger partial charge on any atom is -0.361 e. The highest BCUT2D eigenvalue weighted by Crippen LogP contribution is 2.25. The molecule has 0 saturated heterocycles. The molecule has 0 spiro atoms. The van der Waals surface area contributed by atoms with Crippen molar-refractivity contribution in [1.82, 2.24) is 4.98 Å². The van der Waals surface area contributed by atoms with Crippen LogP contribution in [0, 0.1) is 0 Å². The summed E-state index contributed by atoms with van der Waals surface area (Å²) in [5.74, 6) is 0.836. The Labute approximate surface area is 118 Å². The lowest BCUT2D eigenvalue weighted by Crippen LogP contribution is -2.42. The third kappa shape index (κ3) is 3.49. The Hall–Kier alpha value is -0.520. The van der Waals surface area contributed by atoms with Crippen molar-refractivity contribution in [2.45, 2.75) is 23.8 Å². The maximum Gasteiger partial charge on any atom is 0.179 e. The van der Waals surface area contributed by atoms with Gasteiger partial charge < -0.3 is 5.32 Å². The Bertz CT molecular complexity index is 493. The van der Waals surface area contributed by atoms with Crippen molar-refractivity contribution in [2.75, 3.05) is 23.3 Å². The lowest BCUT2D eigenvalue weighted by Gasteiger charge is -2.30. The maximum absolute atomic E-state index is 11.7. The van der Waals surface area contributed by atoms with Gasteiger partial charge in [0.1, 0.15) is 10.7 Å². The van der Waals surface area contributed by atoms with E-state index in [9.17, 15) is 8.42 Å². The second kappa shape index (κ2) is 6.08. The van der Waals surface area contributed by atoms with E-state index in [1.807, 2.05) is 6.92 Å². The fourth-order valence-corrected chi connectivity index (χ4v) is 2.99. The van der Waals surface area contributed by atoms with Gasteiger partial charge in [0.25, 0.3) is 0 Å². The van der Waals surface area contributed by atoms with Gasteiger partial charge in [0.2, 0.25) is 0 Å². The van der Waals surface area contributed by atoms with Crippen molar-refractivity contribution < 1.29 is 8.42 Å². The van der Waals surface area contributed by atoms with Gasteiger partial charge in [-0.05, 0) is 18.6 Å². The summed E-state index contributed by atoms with van der Waals surface area (Å²) in [5.41, 5.74) is -0.559. The highest BCUT2D eigenvalue weighted by atomic mass is 35.5. The van der Waals surface area contributed by atoms with Gasteiger partial charge in [-0.25, -0.2) is 13.4 Å². The van der Waals surface area contributed by atoms with Crippen molar-refractivity contribution in [1.29, 1.82) is 0 Å². The van der Waals surface area contributed by atoms with Crippen LogP contribution in [0.1, 0.15) is 13.3 Å².